The lowest BCUT2D eigenvalue weighted by Gasteiger charge is -2.56. The lowest BCUT2D eigenvalue weighted by molar-refractivity contribution is -0.384. The van der Waals surface area contributed by atoms with E-state index in [4.69, 9.17) is 4.74 Å². The zero-order valence-corrected chi connectivity index (χ0v) is 37.2. The van der Waals surface area contributed by atoms with Gasteiger partial charge in [-0.3, -0.25) is 24.5 Å². The number of benzene rings is 3. The van der Waals surface area contributed by atoms with E-state index in [1.807, 2.05) is 19.1 Å². The normalized spacial score (nSPS) is 22.7. The summed E-state index contributed by atoms with van der Waals surface area (Å²) in [5.74, 6) is 0.245. The smallest absolute Gasteiger partial charge is 0.293 e. The first-order chi connectivity index (χ1) is 30.3. The van der Waals surface area contributed by atoms with Crippen molar-refractivity contribution in [2.24, 2.45) is 11.3 Å². The van der Waals surface area contributed by atoms with Crippen LogP contribution in [0, 0.1) is 27.3 Å². The molecule has 4 heterocycles. The molecule has 2 aromatic heterocycles. The van der Waals surface area contributed by atoms with E-state index >= 15 is 4.39 Å². The number of nitrogens with zero attached hydrogens (tertiary/aromatic N) is 4. The summed E-state index contributed by atoms with van der Waals surface area (Å²) in [4.78, 5) is 38.4. The number of likely N-dealkylation sites (tertiary alicyclic amines) is 1. The Hall–Kier alpha value is -5.18. The standard InChI is InChI=1S/C49H58FN7O5S/c1-31(2)37-7-4-5-8-38(37)42-9-6-20-56(42)34-27-49(28-34)17-21-55(22-18-49)43-26-45(62-35-23-33-14-19-51-46(33)53-30-35)39(25-40(43)50)47(58)54-63-36-10-11-41(44(24-36)57(60)61)52-29-32-12-15-48(3,59)16-13-32/h4-5,7-8,10-11,14,19,23-26,30-32,34,42,52,59H,6,9,12-13,15-18,20-22,27-29H2,1-3H3,(H,51,53)(H,54,58). The topological polar surface area (TPSA) is 149 Å². The molecule has 2 aliphatic carbocycles. The number of fused-ring (bicyclic) bond motifs is 1. The summed E-state index contributed by atoms with van der Waals surface area (Å²) < 4.78 is 25.5. The van der Waals surface area contributed by atoms with Gasteiger partial charge in [0.1, 0.15) is 28.7 Å². The van der Waals surface area contributed by atoms with Crippen molar-refractivity contribution in [3.63, 3.8) is 0 Å². The number of piperidine rings is 1. The van der Waals surface area contributed by atoms with Crippen molar-refractivity contribution in [2.75, 3.05) is 36.4 Å². The number of aromatic amines is 1. The zero-order chi connectivity index (χ0) is 43.9. The number of carbonyl (C=O) groups is 1. The molecule has 9 rings (SSSR count). The molecule has 0 radical (unpaired) electrons. The zero-order valence-electron chi connectivity index (χ0n) is 36.4. The van der Waals surface area contributed by atoms with Crippen LogP contribution in [0.15, 0.2) is 84.0 Å². The summed E-state index contributed by atoms with van der Waals surface area (Å²) in [7, 11) is 0. The molecule has 4 N–H and O–H groups in total. The van der Waals surface area contributed by atoms with E-state index < -0.39 is 22.2 Å². The molecular formula is C49H58FN7O5S. The van der Waals surface area contributed by atoms with Crippen LogP contribution >= 0.6 is 11.9 Å². The number of nitro groups is 1. The first kappa shape index (κ1) is 43.1. The number of H-pyrrole nitrogens is 1. The number of ether oxygens (including phenoxy) is 1. The highest BCUT2D eigenvalue weighted by atomic mass is 32.2. The number of carbonyl (C=O) groups excluding carboxylic acids is 1. The summed E-state index contributed by atoms with van der Waals surface area (Å²) >= 11 is 0.916. The van der Waals surface area contributed by atoms with Gasteiger partial charge in [0.05, 0.1) is 28.0 Å². The fraction of sp³-hybridized carbons (Fsp3) is 0.469. The number of nitro benzene ring substituents is 1. The molecule has 1 spiro atoms. The average molecular weight is 876 g/mol. The second-order valence-corrected chi connectivity index (χ2v) is 19.9. The predicted molar refractivity (Wildman–Crippen MR) is 246 cm³/mol. The number of aromatic nitrogens is 2. The van der Waals surface area contributed by atoms with Gasteiger partial charge in [0, 0.05) is 60.3 Å². The molecule has 2 aliphatic heterocycles. The van der Waals surface area contributed by atoms with E-state index in [0.717, 1.165) is 62.4 Å². The average Bonchev–Trinajstić information content (AvgIpc) is 3.95. The molecule has 14 heteroatoms. The largest absolute Gasteiger partial charge is 0.455 e. The third-order valence-corrected chi connectivity index (χ3v) is 15.1. The molecule has 1 unspecified atom stereocenters. The molecule has 5 aromatic rings. The van der Waals surface area contributed by atoms with E-state index in [9.17, 15) is 20.0 Å². The van der Waals surface area contributed by atoms with Crippen molar-refractivity contribution in [1.82, 2.24) is 19.6 Å². The SMILES string of the molecule is CC(C)c1ccccc1C1CCCN1C1CC2(CCN(c3cc(Oc4cnc5[nH]ccc5c4)c(C(=O)NSc4ccc(NCC5CCC(C)(O)CC5)c([N+](=O)[O-])c4)cc3F)CC2)C1. The highest BCUT2D eigenvalue weighted by molar-refractivity contribution is 7.98. The van der Waals surface area contributed by atoms with Crippen molar-refractivity contribution < 1.29 is 24.0 Å². The van der Waals surface area contributed by atoms with Crippen molar-refractivity contribution >= 4 is 46.0 Å². The Morgan fingerprint density at radius 2 is 1.83 bits per heavy atom. The number of nitrogens with one attached hydrogen (secondary N) is 3. The summed E-state index contributed by atoms with van der Waals surface area (Å²) in [6.45, 7) is 9.52. The Morgan fingerprint density at radius 1 is 1.05 bits per heavy atom. The minimum atomic E-state index is -0.655. The van der Waals surface area contributed by atoms with Crippen molar-refractivity contribution in [3.05, 3.63) is 112 Å². The van der Waals surface area contributed by atoms with E-state index in [0.29, 0.717) is 84.1 Å². The van der Waals surface area contributed by atoms with Gasteiger partial charge in [-0.05, 0) is 148 Å². The number of hydrogen-bond acceptors (Lipinski definition) is 10. The van der Waals surface area contributed by atoms with Gasteiger partial charge in [-0.2, -0.15) is 0 Å². The first-order valence-corrected chi connectivity index (χ1v) is 23.4. The van der Waals surface area contributed by atoms with E-state index in [2.05, 4.69) is 67.9 Å². The molecule has 3 aromatic carbocycles. The molecule has 2 saturated heterocycles. The molecule has 2 saturated carbocycles. The van der Waals surface area contributed by atoms with Crippen LogP contribution in [0.2, 0.25) is 0 Å². The molecule has 63 heavy (non-hydrogen) atoms. The van der Waals surface area contributed by atoms with Crippen LogP contribution < -0.4 is 19.7 Å². The molecule has 332 valence electrons. The second kappa shape index (κ2) is 17.8. The van der Waals surface area contributed by atoms with Crippen LogP contribution in [-0.2, 0) is 0 Å². The Bertz CT molecular complexity index is 2470. The monoisotopic (exact) mass is 875 g/mol. The van der Waals surface area contributed by atoms with Gasteiger partial charge in [0.15, 0.2) is 0 Å². The number of halogens is 1. The summed E-state index contributed by atoms with van der Waals surface area (Å²) in [5, 5.41) is 26.5. The van der Waals surface area contributed by atoms with Crippen molar-refractivity contribution in [2.45, 2.75) is 113 Å². The molecule has 4 fully saturated rings. The third-order valence-electron chi connectivity index (χ3n) is 14.3. The van der Waals surface area contributed by atoms with Gasteiger partial charge in [0.25, 0.3) is 11.6 Å². The lowest BCUT2D eigenvalue weighted by Crippen LogP contribution is -2.55. The van der Waals surface area contributed by atoms with E-state index in [-0.39, 0.29) is 22.4 Å². The number of rotatable bonds is 13. The van der Waals surface area contributed by atoms with E-state index in [1.54, 1.807) is 30.6 Å². The maximum atomic E-state index is 16.3. The fourth-order valence-corrected chi connectivity index (χ4v) is 11.3. The lowest BCUT2D eigenvalue weighted by atomic mass is 9.59. The van der Waals surface area contributed by atoms with Crippen molar-refractivity contribution in [3.8, 4) is 11.5 Å². The highest BCUT2D eigenvalue weighted by Crippen LogP contribution is 2.54. The van der Waals surface area contributed by atoms with E-state index in [1.165, 1.54) is 36.1 Å². The quantitative estimate of drug-likeness (QED) is 0.0512. The molecule has 1 amide bonds. The Balaban J connectivity index is 0.881. The summed E-state index contributed by atoms with van der Waals surface area (Å²) in [6.07, 6.45) is 13.1. The van der Waals surface area contributed by atoms with Gasteiger partial charge in [-0.1, -0.05) is 38.1 Å². The predicted octanol–water partition coefficient (Wildman–Crippen LogP) is 10.9. The number of pyridine rings is 1. The minimum absolute atomic E-state index is 0.00770. The summed E-state index contributed by atoms with van der Waals surface area (Å²) in [6, 6.07) is 21.3. The van der Waals surface area contributed by atoms with Gasteiger partial charge >= 0.3 is 0 Å². The third kappa shape index (κ3) is 9.26. The molecular weight excluding hydrogens is 818 g/mol. The number of aliphatic hydroxyl groups is 1. The van der Waals surface area contributed by atoms with Crippen LogP contribution in [0.3, 0.4) is 0 Å². The molecule has 12 nitrogen and oxygen atoms in total. The Kier molecular flexibility index (Phi) is 12.2. The van der Waals surface area contributed by atoms with Crippen LogP contribution in [0.4, 0.5) is 21.5 Å². The maximum Gasteiger partial charge on any atom is 0.293 e. The fourth-order valence-electron chi connectivity index (χ4n) is 10.6. The number of amides is 1. The Morgan fingerprint density at radius 3 is 2.59 bits per heavy atom. The van der Waals surface area contributed by atoms with Crippen LogP contribution in [0.1, 0.15) is 118 Å². The maximum absolute atomic E-state index is 16.3. The van der Waals surface area contributed by atoms with Crippen LogP contribution in [0.5, 0.6) is 11.5 Å². The molecule has 1 atom stereocenters. The molecule has 4 aliphatic rings. The van der Waals surface area contributed by atoms with Gasteiger partial charge in [-0.25, -0.2) is 9.37 Å². The van der Waals surface area contributed by atoms with Crippen LogP contribution in [0.25, 0.3) is 11.0 Å². The second-order valence-electron chi connectivity index (χ2n) is 19.0. The van der Waals surface area contributed by atoms with Crippen molar-refractivity contribution in [1.29, 1.82) is 0 Å². The minimum Gasteiger partial charge on any atom is -0.455 e. The van der Waals surface area contributed by atoms with Crippen LogP contribution in [-0.4, -0.2) is 68.6 Å². The van der Waals surface area contributed by atoms with Gasteiger partial charge in [0.2, 0.25) is 0 Å². The van der Waals surface area contributed by atoms with Gasteiger partial charge < -0.3 is 25.0 Å². The first-order valence-electron chi connectivity index (χ1n) is 22.6. The highest BCUT2D eigenvalue weighted by Gasteiger charge is 2.50. The summed E-state index contributed by atoms with van der Waals surface area (Å²) in [5.41, 5.74) is 3.88. The van der Waals surface area contributed by atoms with Gasteiger partial charge in [-0.15, -0.1) is 0 Å². The Labute approximate surface area is 372 Å². The molecule has 0 bridgehead atoms. The number of anilines is 2. The number of hydrogen-bond donors (Lipinski definition) is 4.